The first-order valence-electron chi connectivity index (χ1n) is 8.95. The number of methoxy groups -OCH3 is 1. The Bertz CT molecular complexity index is 819. The zero-order valence-corrected chi connectivity index (χ0v) is 15.4. The zero-order chi connectivity index (χ0) is 18.9. The van der Waals surface area contributed by atoms with E-state index in [0.29, 0.717) is 26.4 Å². The van der Waals surface area contributed by atoms with Gasteiger partial charge in [-0.15, -0.1) is 0 Å². The van der Waals surface area contributed by atoms with E-state index in [0.717, 1.165) is 29.1 Å². The van der Waals surface area contributed by atoms with E-state index >= 15 is 0 Å². The molecular weight excluding hydrogens is 345 g/mol. The van der Waals surface area contributed by atoms with Crippen molar-refractivity contribution in [2.75, 3.05) is 33.5 Å². The summed E-state index contributed by atoms with van der Waals surface area (Å²) < 4.78 is 25.6. The predicted octanol–water partition coefficient (Wildman–Crippen LogP) is 3.43. The lowest BCUT2D eigenvalue weighted by molar-refractivity contribution is 0.0719. The lowest BCUT2D eigenvalue weighted by Gasteiger charge is -2.06. The number of nitrogens with one attached hydrogen (secondary N) is 1. The first-order chi connectivity index (χ1) is 13.3. The van der Waals surface area contributed by atoms with Gasteiger partial charge in [0.05, 0.1) is 31.2 Å². The minimum absolute atomic E-state index is 0.255. The van der Waals surface area contributed by atoms with Gasteiger partial charge in [0, 0.05) is 37.5 Å². The summed E-state index contributed by atoms with van der Waals surface area (Å²) in [6.07, 6.45) is 2.01. The summed E-state index contributed by atoms with van der Waals surface area (Å²) in [6.45, 7) is 3.17. The lowest BCUT2D eigenvalue weighted by atomic mass is 10.1. The van der Waals surface area contributed by atoms with Gasteiger partial charge in [0.15, 0.2) is 0 Å². The fraction of sp³-hybridized carbons (Fsp3) is 0.286. The maximum Gasteiger partial charge on any atom is 0.123 e. The maximum atomic E-state index is 13.3. The van der Waals surface area contributed by atoms with Crippen LogP contribution in [0.25, 0.3) is 16.9 Å². The standard InChI is InChI=1S/C21H24FN3O2/c1-26-13-14-27-12-11-23-15-18-16-25(20-5-3-2-4-6-20)24-21(18)17-7-9-19(22)10-8-17/h2-10,16,23H,11-15H2,1H3. The molecule has 0 radical (unpaired) electrons. The van der Waals surface area contributed by atoms with Gasteiger partial charge in [-0.25, -0.2) is 9.07 Å². The second-order valence-corrected chi connectivity index (χ2v) is 6.07. The number of halogens is 1. The molecule has 3 aromatic rings. The molecule has 5 nitrogen and oxygen atoms in total. The predicted molar refractivity (Wildman–Crippen MR) is 103 cm³/mol. The number of hydrogen-bond donors (Lipinski definition) is 1. The van der Waals surface area contributed by atoms with Gasteiger partial charge in [-0.05, 0) is 36.4 Å². The van der Waals surface area contributed by atoms with Crippen LogP contribution in [0.1, 0.15) is 5.56 Å². The van der Waals surface area contributed by atoms with Crippen LogP contribution in [0, 0.1) is 5.82 Å². The van der Waals surface area contributed by atoms with Crippen molar-refractivity contribution in [2.24, 2.45) is 0 Å². The zero-order valence-electron chi connectivity index (χ0n) is 15.4. The first-order valence-corrected chi connectivity index (χ1v) is 8.95. The first kappa shape index (κ1) is 19.2. The number of para-hydroxylation sites is 1. The van der Waals surface area contributed by atoms with Gasteiger partial charge in [0.2, 0.25) is 0 Å². The normalized spacial score (nSPS) is 11.0. The number of ether oxygens (including phenoxy) is 2. The highest BCUT2D eigenvalue weighted by molar-refractivity contribution is 5.63. The van der Waals surface area contributed by atoms with E-state index in [2.05, 4.69) is 5.32 Å². The largest absolute Gasteiger partial charge is 0.382 e. The van der Waals surface area contributed by atoms with Crippen molar-refractivity contribution >= 4 is 0 Å². The second-order valence-electron chi connectivity index (χ2n) is 6.07. The monoisotopic (exact) mass is 369 g/mol. The Morgan fingerprint density at radius 1 is 1.00 bits per heavy atom. The molecule has 0 aliphatic carbocycles. The van der Waals surface area contributed by atoms with Crippen molar-refractivity contribution in [3.8, 4) is 16.9 Å². The van der Waals surface area contributed by atoms with Gasteiger partial charge in [-0.2, -0.15) is 5.10 Å². The third-order valence-corrected chi connectivity index (χ3v) is 4.10. The quantitative estimate of drug-likeness (QED) is 0.556. The molecule has 3 rings (SSSR count). The molecule has 142 valence electrons. The SMILES string of the molecule is COCCOCCNCc1cn(-c2ccccc2)nc1-c1ccc(F)cc1. The van der Waals surface area contributed by atoms with Gasteiger partial charge in [-0.1, -0.05) is 18.2 Å². The van der Waals surface area contributed by atoms with Gasteiger partial charge in [0.1, 0.15) is 5.82 Å². The maximum absolute atomic E-state index is 13.3. The van der Waals surface area contributed by atoms with Crippen LogP contribution >= 0.6 is 0 Å². The molecule has 0 aliphatic heterocycles. The number of aromatic nitrogens is 2. The van der Waals surface area contributed by atoms with E-state index in [1.54, 1.807) is 19.2 Å². The van der Waals surface area contributed by atoms with Crippen LogP contribution < -0.4 is 5.32 Å². The second kappa shape index (κ2) is 9.97. The van der Waals surface area contributed by atoms with Gasteiger partial charge in [-0.3, -0.25) is 0 Å². The summed E-state index contributed by atoms with van der Waals surface area (Å²) in [7, 11) is 1.66. The van der Waals surface area contributed by atoms with Crippen LogP contribution in [0.2, 0.25) is 0 Å². The van der Waals surface area contributed by atoms with Crippen LogP contribution in [0.4, 0.5) is 4.39 Å². The van der Waals surface area contributed by atoms with Crippen molar-refractivity contribution < 1.29 is 13.9 Å². The molecule has 0 atom stereocenters. The molecule has 0 saturated carbocycles. The van der Waals surface area contributed by atoms with Gasteiger partial charge >= 0.3 is 0 Å². The minimum Gasteiger partial charge on any atom is -0.382 e. The van der Waals surface area contributed by atoms with Crippen molar-refractivity contribution in [1.29, 1.82) is 0 Å². The number of nitrogens with zero attached hydrogens (tertiary/aromatic N) is 2. The van der Waals surface area contributed by atoms with Gasteiger partial charge in [0.25, 0.3) is 0 Å². The molecule has 1 aromatic heterocycles. The Morgan fingerprint density at radius 2 is 1.78 bits per heavy atom. The summed E-state index contributed by atoms with van der Waals surface area (Å²) in [5.74, 6) is -0.255. The van der Waals surface area contributed by atoms with Crippen LogP contribution in [0.5, 0.6) is 0 Å². The Morgan fingerprint density at radius 3 is 2.52 bits per heavy atom. The van der Waals surface area contributed by atoms with Crippen LogP contribution in [-0.2, 0) is 16.0 Å². The molecule has 0 fully saturated rings. The Hall–Kier alpha value is -2.54. The molecule has 6 heteroatoms. The summed E-state index contributed by atoms with van der Waals surface area (Å²) in [4.78, 5) is 0. The highest BCUT2D eigenvalue weighted by atomic mass is 19.1. The molecule has 0 bridgehead atoms. The molecular formula is C21H24FN3O2. The molecule has 0 unspecified atom stereocenters. The minimum atomic E-state index is -0.255. The summed E-state index contributed by atoms with van der Waals surface area (Å²) >= 11 is 0. The lowest BCUT2D eigenvalue weighted by Crippen LogP contribution is -2.20. The fourth-order valence-electron chi connectivity index (χ4n) is 2.71. The fourth-order valence-corrected chi connectivity index (χ4v) is 2.71. The highest BCUT2D eigenvalue weighted by Gasteiger charge is 2.12. The van der Waals surface area contributed by atoms with E-state index in [9.17, 15) is 4.39 Å². The molecule has 0 spiro atoms. The molecule has 2 aromatic carbocycles. The van der Waals surface area contributed by atoms with Crippen LogP contribution in [-0.4, -0.2) is 43.3 Å². The molecule has 1 N–H and O–H groups in total. The topological polar surface area (TPSA) is 48.3 Å². The van der Waals surface area contributed by atoms with Crippen molar-refractivity contribution in [3.63, 3.8) is 0 Å². The number of benzene rings is 2. The van der Waals surface area contributed by atoms with Crippen LogP contribution in [0.15, 0.2) is 60.8 Å². The molecule has 0 aliphatic rings. The van der Waals surface area contributed by atoms with E-state index in [4.69, 9.17) is 14.6 Å². The number of hydrogen-bond acceptors (Lipinski definition) is 4. The van der Waals surface area contributed by atoms with E-state index in [1.807, 2.05) is 41.2 Å². The van der Waals surface area contributed by atoms with E-state index in [-0.39, 0.29) is 5.82 Å². The molecule has 1 heterocycles. The average Bonchev–Trinajstić information content (AvgIpc) is 3.13. The molecule has 27 heavy (non-hydrogen) atoms. The summed E-state index contributed by atoms with van der Waals surface area (Å²) in [5, 5.41) is 8.10. The summed E-state index contributed by atoms with van der Waals surface area (Å²) in [6, 6.07) is 16.3. The Balaban J connectivity index is 1.72. The van der Waals surface area contributed by atoms with Crippen LogP contribution in [0.3, 0.4) is 0 Å². The van der Waals surface area contributed by atoms with E-state index in [1.165, 1.54) is 12.1 Å². The van der Waals surface area contributed by atoms with E-state index < -0.39 is 0 Å². The average molecular weight is 369 g/mol. The Labute approximate surface area is 158 Å². The molecule has 0 amide bonds. The third-order valence-electron chi connectivity index (χ3n) is 4.10. The number of rotatable bonds is 10. The third kappa shape index (κ3) is 5.47. The van der Waals surface area contributed by atoms with Crippen molar-refractivity contribution in [3.05, 3.63) is 72.2 Å². The summed E-state index contributed by atoms with van der Waals surface area (Å²) in [5.41, 5.74) is 3.75. The smallest absolute Gasteiger partial charge is 0.123 e. The van der Waals surface area contributed by atoms with Gasteiger partial charge < -0.3 is 14.8 Å². The van der Waals surface area contributed by atoms with Crippen molar-refractivity contribution in [1.82, 2.24) is 15.1 Å². The highest BCUT2D eigenvalue weighted by Crippen LogP contribution is 2.24. The van der Waals surface area contributed by atoms with Crippen molar-refractivity contribution in [2.45, 2.75) is 6.54 Å². The molecule has 0 saturated heterocycles. The Kier molecular flexibility index (Phi) is 7.10.